The highest BCUT2D eigenvalue weighted by Crippen LogP contribution is 2.28. The molecule has 4 aromatic rings. The van der Waals surface area contributed by atoms with E-state index in [1.807, 2.05) is 22.6 Å². The van der Waals surface area contributed by atoms with Gasteiger partial charge in [-0.3, -0.25) is 4.40 Å². The summed E-state index contributed by atoms with van der Waals surface area (Å²) in [4.78, 5) is 10.7. The third-order valence-electron chi connectivity index (χ3n) is 3.40. The molecule has 1 aromatic carbocycles. The van der Waals surface area contributed by atoms with E-state index in [1.54, 1.807) is 12.4 Å². The summed E-state index contributed by atoms with van der Waals surface area (Å²) in [7, 11) is 0. The first kappa shape index (κ1) is 11.2. The molecule has 98 valence electrons. The summed E-state index contributed by atoms with van der Waals surface area (Å²) in [6.45, 7) is 0. The number of nitrogen functional groups attached to an aromatic ring is 1. The van der Waals surface area contributed by atoms with E-state index in [9.17, 15) is 0 Å². The molecule has 0 amide bonds. The largest absolute Gasteiger partial charge is 0.382 e. The highest BCUT2D eigenvalue weighted by atomic mass is 32.1. The van der Waals surface area contributed by atoms with E-state index >= 15 is 0 Å². The second-order valence-electron chi connectivity index (χ2n) is 4.61. The predicted octanol–water partition coefficient (Wildman–Crippen LogP) is 3.12. The number of nitrogens with zero attached hydrogens (tertiary/aromatic N) is 2. The van der Waals surface area contributed by atoms with Gasteiger partial charge in [0, 0.05) is 23.3 Å². The first-order valence-electron chi connectivity index (χ1n) is 6.17. The molecule has 0 aliphatic carbocycles. The average Bonchev–Trinajstić information content (AvgIpc) is 3.01. The Morgan fingerprint density at radius 1 is 1.20 bits per heavy atom. The molecule has 4 rings (SSSR count). The highest BCUT2D eigenvalue weighted by molar-refractivity contribution is 7.71. The van der Waals surface area contributed by atoms with E-state index in [2.05, 4.69) is 27.1 Å². The number of aromatic amines is 2. The molecule has 0 spiro atoms. The molecule has 20 heavy (non-hydrogen) atoms. The Morgan fingerprint density at radius 2 is 2.05 bits per heavy atom. The Labute approximate surface area is 119 Å². The molecular formula is C14H11N5S. The first-order chi connectivity index (χ1) is 9.74. The number of rotatable bonds is 1. The third-order valence-corrected chi connectivity index (χ3v) is 3.70. The van der Waals surface area contributed by atoms with Crippen molar-refractivity contribution in [2.75, 3.05) is 5.73 Å². The molecule has 3 heterocycles. The molecule has 0 saturated heterocycles. The summed E-state index contributed by atoms with van der Waals surface area (Å²) in [5, 5.41) is 1.14. The van der Waals surface area contributed by atoms with Crippen molar-refractivity contribution in [3.8, 4) is 11.4 Å². The fourth-order valence-electron chi connectivity index (χ4n) is 2.49. The standard InChI is InChI=1S/C14H11N5S/c15-13-12-11(18-14(20)19(12)6-5-16-13)10-7-8-3-1-2-4-9(8)17-10/h1-7,17H,(H2,15,16)(H,18,20). The number of nitrogens with two attached hydrogens (primary N) is 1. The van der Waals surface area contributed by atoms with Gasteiger partial charge in [-0.15, -0.1) is 0 Å². The van der Waals surface area contributed by atoms with Crippen molar-refractivity contribution >= 4 is 34.5 Å². The minimum Gasteiger partial charge on any atom is -0.382 e. The van der Waals surface area contributed by atoms with Crippen LogP contribution in [0.1, 0.15) is 0 Å². The maximum absolute atomic E-state index is 5.99. The maximum Gasteiger partial charge on any atom is 0.182 e. The van der Waals surface area contributed by atoms with Crippen molar-refractivity contribution in [3.05, 3.63) is 47.5 Å². The van der Waals surface area contributed by atoms with Gasteiger partial charge in [0.15, 0.2) is 4.77 Å². The third kappa shape index (κ3) is 1.48. The van der Waals surface area contributed by atoms with Gasteiger partial charge in [-0.2, -0.15) is 0 Å². The number of hydrogen-bond acceptors (Lipinski definition) is 3. The minimum atomic E-state index is 0.452. The zero-order valence-electron chi connectivity index (χ0n) is 10.4. The van der Waals surface area contributed by atoms with Gasteiger partial charge in [-0.25, -0.2) is 4.98 Å². The minimum absolute atomic E-state index is 0.452. The van der Waals surface area contributed by atoms with Crippen molar-refractivity contribution in [1.29, 1.82) is 0 Å². The van der Waals surface area contributed by atoms with Gasteiger partial charge in [0.1, 0.15) is 11.3 Å². The van der Waals surface area contributed by atoms with Crippen LogP contribution < -0.4 is 5.73 Å². The molecule has 0 aliphatic rings. The van der Waals surface area contributed by atoms with Gasteiger partial charge in [-0.05, 0) is 24.4 Å². The van der Waals surface area contributed by atoms with Crippen molar-refractivity contribution in [2.24, 2.45) is 0 Å². The van der Waals surface area contributed by atoms with E-state index in [1.165, 1.54) is 0 Å². The number of aromatic nitrogens is 4. The topological polar surface area (TPSA) is 74.9 Å². The number of hydrogen-bond donors (Lipinski definition) is 3. The van der Waals surface area contributed by atoms with Crippen LogP contribution in [0, 0.1) is 4.77 Å². The normalized spacial score (nSPS) is 11.4. The van der Waals surface area contributed by atoms with Crippen LogP contribution in [0.25, 0.3) is 27.8 Å². The molecule has 3 aromatic heterocycles. The monoisotopic (exact) mass is 281 g/mol. The number of anilines is 1. The molecule has 0 fully saturated rings. The van der Waals surface area contributed by atoms with Gasteiger partial charge < -0.3 is 15.7 Å². The Balaban J connectivity index is 2.09. The molecule has 0 bridgehead atoms. The predicted molar refractivity (Wildman–Crippen MR) is 82.1 cm³/mol. The number of benzene rings is 1. The number of nitrogens with one attached hydrogen (secondary N) is 2. The van der Waals surface area contributed by atoms with Crippen molar-refractivity contribution in [2.45, 2.75) is 0 Å². The summed E-state index contributed by atoms with van der Waals surface area (Å²) in [5.41, 5.74) is 9.66. The highest BCUT2D eigenvalue weighted by Gasteiger charge is 2.13. The van der Waals surface area contributed by atoms with Crippen molar-refractivity contribution < 1.29 is 0 Å². The summed E-state index contributed by atoms with van der Waals surface area (Å²) < 4.78 is 2.43. The SMILES string of the molecule is Nc1nccn2c(=S)[nH]c(-c3cc4ccccc4[nH]3)c12. The van der Waals surface area contributed by atoms with E-state index in [0.717, 1.165) is 27.8 Å². The van der Waals surface area contributed by atoms with Gasteiger partial charge >= 0.3 is 0 Å². The van der Waals surface area contributed by atoms with E-state index in [0.29, 0.717) is 10.6 Å². The van der Waals surface area contributed by atoms with Crippen LogP contribution in [-0.2, 0) is 0 Å². The molecule has 0 unspecified atom stereocenters. The number of H-pyrrole nitrogens is 2. The Hall–Kier alpha value is -2.60. The van der Waals surface area contributed by atoms with Crippen LogP contribution in [0.3, 0.4) is 0 Å². The molecule has 6 heteroatoms. The Kier molecular flexibility index (Phi) is 2.22. The zero-order chi connectivity index (χ0) is 13.7. The molecule has 0 radical (unpaired) electrons. The van der Waals surface area contributed by atoms with Crippen LogP contribution in [0.5, 0.6) is 0 Å². The number of imidazole rings is 1. The lowest BCUT2D eigenvalue weighted by Gasteiger charge is -1.99. The summed E-state index contributed by atoms with van der Waals surface area (Å²) in [5.74, 6) is 0.452. The first-order valence-corrected chi connectivity index (χ1v) is 6.58. The van der Waals surface area contributed by atoms with Crippen molar-refractivity contribution in [3.63, 3.8) is 0 Å². The number of fused-ring (bicyclic) bond motifs is 2. The second kappa shape index (κ2) is 3.94. The lowest BCUT2D eigenvalue weighted by Crippen LogP contribution is -1.95. The summed E-state index contributed by atoms with van der Waals surface area (Å²) in [6, 6.07) is 10.2. The fraction of sp³-hybridized carbons (Fsp3) is 0. The molecule has 4 N–H and O–H groups in total. The quantitative estimate of drug-likeness (QED) is 0.469. The van der Waals surface area contributed by atoms with Crippen LogP contribution in [0.2, 0.25) is 0 Å². The Bertz CT molecular complexity index is 959. The lowest BCUT2D eigenvalue weighted by molar-refractivity contribution is 1.09. The summed E-state index contributed by atoms with van der Waals surface area (Å²) >= 11 is 5.33. The van der Waals surface area contributed by atoms with Gasteiger partial charge in [0.05, 0.1) is 11.4 Å². The second-order valence-corrected chi connectivity index (χ2v) is 4.99. The van der Waals surface area contributed by atoms with E-state index in [-0.39, 0.29) is 0 Å². The summed E-state index contributed by atoms with van der Waals surface area (Å²) in [6.07, 6.45) is 3.44. The van der Waals surface area contributed by atoms with Gasteiger partial charge in [0.25, 0.3) is 0 Å². The lowest BCUT2D eigenvalue weighted by atomic mass is 10.2. The van der Waals surface area contributed by atoms with Crippen LogP contribution in [0.15, 0.2) is 42.7 Å². The van der Waals surface area contributed by atoms with Gasteiger partial charge in [-0.1, -0.05) is 18.2 Å². The van der Waals surface area contributed by atoms with Crippen LogP contribution in [-0.4, -0.2) is 19.4 Å². The smallest absolute Gasteiger partial charge is 0.182 e. The van der Waals surface area contributed by atoms with E-state index in [4.69, 9.17) is 18.0 Å². The number of para-hydroxylation sites is 1. The van der Waals surface area contributed by atoms with Crippen molar-refractivity contribution in [1.82, 2.24) is 19.4 Å². The molecule has 0 atom stereocenters. The average molecular weight is 281 g/mol. The molecule has 0 saturated carbocycles. The molecular weight excluding hydrogens is 270 g/mol. The molecule has 0 aliphatic heterocycles. The van der Waals surface area contributed by atoms with Gasteiger partial charge in [0.2, 0.25) is 0 Å². The van der Waals surface area contributed by atoms with E-state index < -0.39 is 0 Å². The van der Waals surface area contributed by atoms with Crippen LogP contribution >= 0.6 is 12.2 Å². The fourth-order valence-corrected chi connectivity index (χ4v) is 2.74. The Morgan fingerprint density at radius 3 is 2.90 bits per heavy atom. The zero-order valence-corrected chi connectivity index (χ0v) is 11.2. The molecule has 5 nitrogen and oxygen atoms in total. The maximum atomic E-state index is 5.99. The van der Waals surface area contributed by atoms with Crippen LogP contribution in [0.4, 0.5) is 5.82 Å².